The van der Waals surface area contributed by atoms with E-state index in [1.165, 1.54) is 5.56 Å². The number of nitrogens with one attached hydrogen (secondary N) is 1. The van der Waals surface area contributed by atoms with Gasteiger partial charge in [-0.05, 0) is 41.9 Å². The van der Waals surface area contributed by atoms with Crippen molar-refractivity contribution in [2.45, 2.75) is 12.3 Å². The van der Waals surface area contributed by atoms with Crippen LogP contribution in [0.5, 0.6) is 0 Å². The normalized spacial score (nSPS) is 35.1. The summed E-state index contributed by atoms with van der Waals surface area (Å²) in [4.78, 5) is 14.7. The van der Waals surface area contributed by atoms with Crippen molar-refractivity contribution in [1.29, 1.82) is 0 Å². The summed E-state index contributed by atoms with van der Waals surface area (Å²) in [5, 5.41) is 4.18. The maximum absolute atomic E-state index is 12.6. The van der Waals surface area contributed by atoms with E-state index in [-0.39, 0.29) is 5.92 Å². The molecular weight excluding hydrogens is 272 g/mol. The molecule has 0 aromatic heterocycles. The first-order valence-corrected chi connectivity index (χ1v) is 7.85. The second-order valence-electron chi connectivity index (χ2n) is 6.43. The lowest BCUT2D eigenvalue weighted by Crippen LogP contribution is -2.33. The highest BCUT2D eigenvalue weighted by molar-refractivity contribution is 6.30. The Labute approximate surface area is 124 Å². The number of nitrogens with zero attached hydrogens (tertiary/aromatic N) is 1. The minimum atomic E-state index is 0.195. The summed E-state index contributed by atoms with van der Waals surface area (Å²) < 4.78 is 0. The second-order valence-corrected chi connectivity index (χ2v) is 6.86. The van der Waals surface area contributed by atoms with Gasteiger partial charge in [-0.25, -0.2) is 0 Å². The Balaban J connectivity index is 1.42. The fourth-order valence-corrected chi connectivity index (χ4v) is 4.04. The second kappa shape index (κ2) is 4.74. The average molecular weight is 291 g/mol. The highest BCUT2D eigenvalue weighted by Crippen LogP contribution is 2.49. The SMILES string of the molecule is O=C(C1CC1c1cccc(Cl)c1)N1C[C@H]2CNC[C@H]2C1. The number of carbonyl (C=O) groups excluding carboxylic acids is 1. The summed E-state index contributed by atoms with van der Waals surface area (Å²) in [5.41, 5.74) is 1.22. The van der Waals surface area contributed by atoms with E-state index in [2.05, 4.69) is 16.3 Å². The van der Waals surface area contributed by atoms with E-state index in [9.17, 15) is 4.79 Å². The number of hydrogen-bond acceptors (Lipinski definition) is 2. The van der Waals surface area contributed by atoms with E-state index in [0.717, 1.165) is 37.6 Å². The maximum atomic E-state index is 12.6. The lowest BCUT2D eigenvalue weighted by molar-refractivity contribution is -0.131. The quantitative estimate of drug-likeness (QED) is 0.905. The Morgan fingerprint density at radius 3 is 2.70 bits per heavy atom. The van der Waals surface area contributed by atoms with Crippen LogP contribution in [-0.2, 0) is 4.79 Å². The lowest BCUT2D eigenvalue weighted by Gasteiger charge is -2.17. The van der Waals surface area contributed by atoms with Crippen molar-refractivity contribution in [1.82, 2.24) is 10.2 Å². The third-order valence-corrected chi connectivity index (χ3v) is 5.32. The van der Waals surface area contributed by atoms with Crippen LogP contribution in [0.15, 0.2) is 24.3 Å². The molecule has 0 spiro atoms. The first-order chi connectivity index (χ1) is 9.72. The number of fused-ring (bicyclic) bond motifs is 1. The molecule has 1 aliphatic carbocycles. The first-order valence-electron chi connectivity index (χ1n) is 7.47. The van der Waals surface area contributed by atoms with Crippen molar-refractivity contribution < 1.29 is 4.79 Å². The zero-order valence-corrected chi connectivity index (χ0v) is 12.1. The van der Waals surface area contributed by atoms with Crippen LogP contribution in [0.2, 0.25) is 5.02 Å². The van der Waals surface area contributed by atoms with Gasteiger partial charge in [0, 0.05) is 37.1 Å². The number of amides is 1. The molecule has 3 fully saturated rings. The minimum Gasteiger partial charge on any atom is -0.342 e. The third kappa shape index (κ3) is 2.13. The smallest absolute Gasteiger partial charge is 0.226 e. The molecule has 4 heteroatoms. The Morgan fingerprint density at radius 2 is 2.00 bits per heavy atom. The Kier molecular flexibility index (Phi) is 3.00. The van der Waals surface area contributed by atoms with Gasteiger partial charge >= 0.3 is 0 Å². The van der Waals surface area contributed by atoms with Crippen LogP contribution >= 0.6 is 11.6 Å². The number of hydrogen-bond donors (Lipinski definition) is 1. The van der Waals surface area contributed by atoms with Gasteiger partial charge in [-0.1, -0.05) is 23.7 Å². The lowest BCUT2D eigenvalue weighted by atomic mass is 10.0. The molecule has 1 saturated carbocycles. The van der Waals surface area contributed by atoms with E-state index in [0.29, 0.717) is 23.7 Å². The Bertz CT molecular complexity index is 535. The van der Waals surface area contributed by atoms with Crippen molar-refractivity contribution in [2.24, 2.45) is 17.8 Å². The molecule has 0 radical (unpaired) electrons. The molecule has 4 rings (SSSR count). The van der Waals surface area contributed by atoms with Crippen molar-refractivity contribution in [2.75, 3.05) is 26.2 Å². The maximum Gasteiger partial charge on any atom is 0.226 e. The third-order valence-electron chi connectivity index (χ3n) is 5.09. The minimum absolute atomic E-state index is 0.195. The summed E-state index contributed by atoms with van der Waals surface area (Å²) in [7, 11) is 0. The topological polar surface area (TPSA) is 32.3 Å². The molecular formula is C16H19ClN2O. The van der Waals surface area contributed by atoms with Gasteiger partial charge in [0.2, 0.25) is 5.91 Å². The van der Waals surface area contributed by atoms with Crippen LogP contribution in [0.3, 0.4) is 0 Å². The fourth-order valence-electron chi connectivity index (χ4n) is 3.84. The zero-order chi connectivity index (χ0) is 13.7. The first kappa shape index (κ1) is 12.7. The van der Waals surface area contributed by atoms with Gasteiger partial charge in [0.25, 0.3) is 0 Å². The monoisotopic (exact) mass is 290 g/mol. The molecule has 4 atom stereocenters. The van der Waals surface area contributed by atoms with Gasteiger partial charge in [-0.15, -0.1) is 0 Å². The average Bonchev–Trinajstić information content (AvgIpc) is 2.94. The van der Waals surface area contributed by atoms with Gasteiger partial charge in [0.15, 0.2) is 0 Å². The standard InChI is InChI=1S/C16H19ClN2O/c17-13-3-1-2-10(4-13)14-5-15(14)16(20)19-8-11-6-18-7-12(11)9-19/h1-4,11-12,14-15,18H,5-9H2/t11-,12+,14?,15?. The van der Waals surface area contributed by atoms with E-state index in [4.69, 9.17) is 11.6 Å². The number of likely N-dealkylation sites (tertiary alicyclic amines) is 1. The van der Waals surface area contributed by atoms with Crippen LogP contribution in [-0.4, -0.2) is 37.0 Å². The van der Waals surface area contributed by atoms with Crippen LogP contribution in [0.1, 0.15) is 17.9 Å². The predicted octanol–water partition coefficient (Wildman–Crippen LogP) is 2.12. The summed E-state index contributed by atoms with van der Waals surface area (Å²) in [6.07, 6.45) is 0.989. The van der Waals surface area contributed by atoms with Crippen LogP contribution < -0.4 is 5.32 Å². The number of halogens is 1. The molecule has 2 heterocycles. The highest BCUT2D eigenvalue weighted by atomic mass is 35.5. The van der Waals surface area contributed by atoms with Crippen molar-refractivity contribution in [3.8, 4) is 0 Å². The number of rotatable bonds is 2. The summed E-state index contributed by atoms with van der Waals surface area (Å²) in [6.45, 7) is 4.07. The molecule has 2 unspecified atom stereocenters. The van der Waals surface area contributed by atoms with Crippen molar-refractivity contribution >= 4 is 17.5 Å². The largest absolute Gasteiger partial charge is 0.342 e. The van der Waals surface area contributed by atoms with Gasteiger partial charge in [-0.2, -0.15) is 0 Å². The molecule has 2 aliphatic heterocycles. The molecule has 1 aromatic rings. The van der Waals surface area contributed by atoms with Gasteiger partial charge in [0.05, 0.1) is 0 Å². The number of benzene rings is 1. The van der Waals surface area contributed by atoms with Gasteiger partial charge < -0.3 is 10.2 Å². The van der Waals surface area contributed by atoms with Gasteiger partial charge in [-0.3, -0.25) is 4.79 Å². The van der Waals surface area contributed by atoms with E-state index >= 15 is 0 Å². The predicted molar refractivity (Wildman–Crippen MR) is 78.7 cm³/mol. The molecule has 2 saturated heterocycles. The van der Waals surface area contributed by atoms with E-state index in [1.54, 1.807) is 0 Å². The van der Waals surface area contributed by atoms with Gasteiger partial charge in [0.1, 0.15) is 0 Å². The molecule has 3 nitrogen and oxygen atoms in total. The Hall–Kier alpha value is -1.06. The molecule has 20 heavy (non-hydrogen) atoms. The van der Waals surface area contributed by atoms with Crippen LogP contribution in [0.25, 0.3) is 0 Å². The molecule has 0 bridgehead atoms. The highest BCUT2D eigenvalue weighted by Gasteiger charge is 2.48. The van der Waals surface area contributed by atoms with E-state index < -0.39 is 0 Å². The van der Waals surface area contributed by atoms with E-state index in [1.807, 2.05) is 18.2 Å². The van der Waals surface area contributed by atoms with Crippen molar-refractivity contribution in [3.63, 3.8) is 0 Å². The zero-order valence-electron chi connectivity index (χ0n) is 11.4. The molecule has 1 amide bonds. The van der Waals surface area contributed by atoms with Crippen molar-refractivity contribution in [3.05, 3.63) is 34.9 Å². The molecule has 1 N–H and O–H groups in total. The Morgan fingerprint density at radius 1 is 1.25 bits per heavy atom. The molecule has 3 aliphatic rings. The summed E-state index contributed by atoms with van der Waals surface area (Å²) in [6, 6.07) is 7.96. The summed E-state index contributed by atoms with van der Waals surface area (Å²) >= 11 is 6.03. The number of carbonyl (C=O) groups is 1. The van der Waals surface area contributed by atoms with Crippen LogP contribution in [0.4, 0.5) is 0 Å². The molecule has 106 valence electrons. The fraction of sp³-hybridized carbons (Fsp3) is 0.562. The van der Waals surface area contributed by atoms with Crippen LogP contribution in [0, 0.1) is 17.8 Å². The molecule has 1 aromatic carbocycles. The summed E-state index contributed by atoms with van der Waals surface area (Å²) in [5.74, 6) is 2.31.